The van der Waals surface area contributed by atoms with Gasteiger partial charge >= 0.3 is 11.9 Å². The first-order valence-corrected chi connectivity index (χ1v) is 14.9. The van der Waals surface area contributed by atoms with Gasteiger partial charge in [0.2, 0.25) is 0 Å². The van der Waals surface area contributed by atoms with Gasteiger partial charge in [-0.2, -0.15) is 0 Å². The summed E-state index contributed by atoms with van der Waals surface area (Å²) in [6.07, 6.45) is 0. The van der Waals surface area contributed by atoms with E-state index in [1.165, 1.54) is 0 Å². The Bertz CT molecular complexity index is 1800. The molecule has 0 saturated heterocycles. The Balaban J connectivity index is 1.40. The molecule has 0 atom stereocenters. The summed E-state index contributed by atoms with van der Waals surface area (Å²) in [5.74, 6) is -1.04. The van der Waals surface area contributed by atoms with Crippen LogP contribution in [0.3, 0.4) is 0 Å². The van der Waals surface area contributed by atoms with Crippen molar-refractivity contribution in [3.05, 3.63) is 141 Å². The number of ether oxygens (including phenoxy) is 2. The molecule has 44 heavy (non-hydrogen) atoms. The number of hydrogen-bond donors (Lipinski definition) is 0. The third-order valence-corrected chi connectivity index (χ3v) is 7.54. The lowest BCUT2D eigenvalue weighted by Crippen LogP contribution is -2.11. The maximum Gasteiger partial charge on any atom is 0.338 e. The molecular weight excluding hydrogens is 692 g/mol. The first-order chi connectivity index (χ1) is 21.5. The molecule has 2 heterocycles. The van der Waals surface area contributed by atoms with Crippen molar-refractivity contribution in [2.45, 2.75) is 13.2 Å². The lowest BCUT2D eigenvalue weighted by molar-refractivity contribution is 0.0455. The standard InChI is InChI=1S/C32H22Br2N6O4/c33-23-11-7-9-21(17-23)31(41)43-19-27-29(35-37-39(27)25-13-3-1-4-14-25)30-28(40(38-36-30)26-15-5-2-6-16-26)20-44-32(42)22-10-8-12-24(34)18-22/h1-18H,19-20H2. The predicted octanol–water partition coefficient (Wildman–Crippen LogP) is 6.75. The van der Waals surface area contributed by atoms with Gasteiger partial charge in [0.05, 0.1) is 22.5 Å². The highest BCUT2D eigenvalue weighted by Gasteiger charge is 2.26. The van der Waals surface area contributed by atoms with Gasteiger partial charge in [0.1, 0.15) is 36.0 Å². The van der Waals surface area contributed by atoms with Crippen molar-refractivity contribution in [1.82, 2.24) is 30.0 Å². The summed E-state index contributed by atoms with van der Waals surface area (Å²) in [7, 11) is 0. The summed E-state index contributed by atoms with van der Waals surface area (Å²) in [6, 6.07) is 32.5. The summed E-state index contributed by atoms with van der Waals surface area (Å²) in [5.41, 5.74) is 3.75. The molecule has 0 radical (unpaired) electrons. The van der Waals surface area contributed by atoms with Gasteiger partial charge < -0.3 is 9.47 Å². The smallest absolute Gasteiger partial charge is 0.338 e. The monoisotopic (exact) mass is 712 g/mol. The lowest BCUT2D eigenvalue weighted by atomic mass is 10.2. The predicted molar refractivity (Wildman–Crippen MR) is 168 cm³/mol. The minimum Gasteiger partial charge on any atom is -0.455 e. The average Bonchev–Trinajstić information content (AvgIpc) is 3.67. The molecule has 0 spiro atoms. The van der Waals surface area contributed by atoms with Crippen LogP contribution in [0.5, 0.6) is 0 Å². The molecule has 0 amide bonds. The fourth-order valence-corrected chi connectivity index (χ4v) is 5.25. The van der Waals surface area contributed by atoms with Crippen LogP contribution in [-0.4, -0.2) is 41.9 Å². The molecule has 2 aromatic heterocycles. The Kier molecular flexibility index (Phi) is 8.71. The molecule has 4 aromatic carbocycles. The van der Waals surface area contributed by atoms with Gasteiger partial charge in [0.25, 0.3) is 0 Å². The Labute approximate surface area is 268 Å². The quantitative estimate of drug-likeness (QED) is 0.151. The van der Waals surface area contributed by atoms with E-state index in [9.17, 15) is 9.59 Å². The maximum atomic E-state index is 13.0. The first-order valence-electron chi connectivity index (χ1n) is 13.3. The van der Waals surface area contributed by atoms with E-state index in [1.807, 2.05) is 72.8 Å². The van der Waals surface area contributed by atoms with Crippen LogP contribution in [0.4, 0.5) is 0 Å². The number of aromatic nitrogens is 6. The van der Waals surface area contributed by atoms with Crippen molar-refractivity contribution < 1.29 is 19.1 Å². The van der Waals surface area contributed by atoms with E-state index in [0.717, 1.165) is 8.95 Å². The zero-order valence-electron chi connectivity index (χ0n) is 22.9. The second kappa shape index (κ2) is 13.1. The minimum atomic E-state index is -0.519. The van der Waals surface area contributed by atoms with Gasteiger partial charge in [-0.25, -0.2) is 19.0 Å². The zero-order valence-corrected chi connectivity index (χ0v) is 26.1. The number of halogens is 2. The molecule has 0 aliphatic rings. The Morgan fingerprint density at radius 1 is 0.568 bits per heavy atom. The van der Waals surface area contributed by atoms with E-state index in [4.69, 9.17) is 9.47 Å². The second-order valence-corrected chi connectivity index (χ2v) is 11.3. The van der Waals surface area contributed by atoms with E-state index in [2.05, 4.69) is 52.5 Å². The van der Waals surface area contributed by atoms with Gasteiger partial charge in [0.15, 0.2) is 0 Å². The molecule has 6 rings (SSSR count). The average molecular weight is 714 g/mol. The summed E-state index contributed by atoms with van der Waals surface area (Å²) in [5, 5.41) is 17.6. The molecule has 0 aliphatic heterocycles. The molecule has 0 bridgehead atoms. The fourth-order valence-electron chi connectivity index (χ4n) is 4.45. The summed E-state index contributed by atoms with van der Waals surface area (Å²) < 4.78 is 16.2. The topological polar surface area (TPSA) is 114 Å². The molecule has 10 nitrogen and oxygen atoms in total. The molecule has 12 heteroatoms. The molecule has 0 N–H and O–H groups in total. The highest BCUT2D eigenvalue weighted by molar-refractivity contribution is 9.10. The summed E-state index contributed by atoms with van der Waals surface area (Å²) >= 11 is 6.78. The number of nitrogens with zero attached hydrogens (tertiary/aromatic N) is 6. The number of carbonyl (C=O) groups excluding carboxylic acids is 2. The third-order valence-electron chi connectivity index (χ3n) is 6.55. The lowest BCUT2D eigenvalue weighted by Gasteiger charge is -2.11. The van der Waals surface area contributed by atoms with Gasteiger partial charge in [-0.15, -0.1) is 10.2 Å². The van der Waals surface area contributed by atoms with Crippen molar-refractivity contribution >= 4 is 43.8 Å². The van der Waals surface area contributed by atoms with E-state index in [-0.39, 0.29) is 13.2 Å². The molecule has 218 valence electrons. The molecular formula is C32H22Br2N6O4. The zero-order chi connectivity index (χ0) is 30.5. The Hall–Kier alpha value is -4.94. The van der Waals surface area contributed by atoms with Crippen molar-refractivity contribution in [2.75, 3.05) is 0 Å². The normalized spacial score (nSPS) is 10.9. The van der Waals surface area contributed by atoms with Crippen LogP contribution in [0.2, 0.25) is 0 Å². The van der Waals surface area contributed by atoms with Crippen LogP contribution in [-0.2, 0) is 22.7 Å². The molecule has 0 aliphatic carbocycles. The minimum absolute atomic E-state index is 0.169. The third kappa shape index (κ3) is 6.36. The molecule has 0 saturated carbocycles. The SMILES string of the molecule is O=C(OCc1c(-c2nnn(-c3ccccc3)c2COC(=O)c2cccc(Br)c2)nnn1-c1ccccc1)c1cccc(Br)c1. The van der Waals surface area contributed by atoms with Crippen LogP contribution in [0.1, 0.15) is 32.1 Å². The van der Waals surface area contributed by atoms with E-state index in [1.54, 1.807) is 45.8 Å². The van der Waals surface area contributed by atoms with Crippen molar-refractivity contribution in [3.8, 4) is 22.8 Å². The Morgan fingerprint density at radius 3 is 1.36 bits per heavy atom. The van der Waals surface area contributed by atoms with E-state index >= 15 is 0 Å². The number of esters is 2. The number of carbonyl (C=O) groups is 2. The van der Waals surface area contributed by atoms with Crippen LogP contribution < -0.4 is 0 Å². The summed E-state index contributed by atoms with van der Waals surface area (Å²) in [6.45, 7) is -0.337. The largest absolute Gasteiger partial charge is 0.455 e. The van der Waals surface area contributed by atoms with Crippen molar-refractivity contribution in [2.24, 2.45) is 0 Å². The van der Waals surface area contributed by atoms with Gasteiger partial charge in [0, 0.05) is 8.95 Å². The Morgan fingerprint density at radius 2 is 0.977 bits per heavy atom. The number of rotatable bonds is 9. The molecule has 6 aromatic rings. The van der Waals surface area contributed by atoms with Crippen LogP contribution in [0.15, 0.2) is 118 Å². The van der Waals surface area contributed by atoms with Crippen LogP contribution >= 0.6 is 31.9 Å². The van der Waals surface area contributed by atoms with Crippen LogP contribution in [0, 0.1) is 0 Å². The van der Waals surface area contributed by atoms with Gasteiger partial charge in [-0.3, -0.25) is 0 Å². The van der Waals surface area contributed by atoms with E-state index in [0.29, 0.717) is 45.3 Å². The summed E-state index contributed by atoms with van der Waals surface area (Å²) in [4.78, 5) is 26.0. The van der Waals surface area contributed by atoms with Gasteiger partial charge in [-0.1, -0.05) is 90.8 Å². The van der Waals surface area contributed by atoms with E-state index < -0.39 is 11.9 Å². The fraction of sp³-hybridized carbons (Fsp3) is 0.0625. The molecule has 0 fully saturated rings. The molecule has 0 unspecified atom stereocenters. The van der Waals surface area contributed by atoms with Crippen molar-refractivity contribution in [3.63, 3.8) is 0 Å². The first kappa shape index (κ1) is 29.1. The second-order valence-electron chi connectivity index (χ2n) is 9.44. The van der Waals surface area contributed by atoms with Gasteiger partial charge in [-0.05, 0) is 60.7 Å². The van der Waals surface area contributed by atoms with Crippen molar-refractivity contribution in [1.29, 1.82) is 0 Å². The van der Waals surface area contributed by atoms with Crippen LogP contribution in [0.25, 0.3) is 22.8 Å². The number of benzene rings is 4. The number of para-hydroxylation sites is 2. The number of hydrogen-bond acceptors (Lipinski definition) is 8. The highest BCUT2D eigenvalue weighted by Crippen LogP contribution is 2.28. The maximum absolute atomic E-state index is 13.0. The highest BCUT2D eigenvalue weighted by atomic mass is 79.9.